The fraction of sp³-hybridized carbons (Fsp3) is 0.500. The molecule has 1 aromatic rings. The molecule has 1 aliphatic rings. The fourth-order valence-electron chi connectivity index (χ4n) is 2.25. The molecule has 0 saturated carbocycles. The Bertz CT molecular complexity index is 403. The van der Waals surface area contributed by atoms with Gasteiger partial charge in [0, 0.05) is 23.0 Å². The molecule has 0 fully saturated rings. The van der Waals surface area contributed by atoms with Crippen LogP contribution in [0.4, 0.5) is 0 Å². The Morgan fingerprint density at radius 2 is 1.82 bits per heavy atom. The first-order valence-electron chi connectivity index (χ1n) is 6.25. The number of carbonyl (C=O) groups excluding carboxylic acids is 1. The summed E-state index contributed by atoms with van der Waals surface area (Å²) in [7, 11) is 0. The van der Waals surface area contributed by atoms with Gasteiger partial charge in [-0.2, -0.15) is 0 Å². The molecule has 1 aromatic carbocycles. The zero-order chi connectivity index (χ0) is 12.1. The number of Topliss-reactive ketones (excluding diaryl/α,β-unsaturated/α-hetero) is 1. The smallest absolute Gasteiger partial charge is 0.134 e. The molecule has 3 heteroatoms. The molecular formula is C14H18INO. The summed E-state index contributed by atoms with van der Waals surface area (Å²) in [5.74, 6) is 0.395. The second-order valence-electron chi connectivity index (χ2n) is 4.56. The van der Waals surface area contributed by atoms with Gasteiger partial charge < -0.3 is 5.32 Å². The van der Waals surface area contributed by atoms with Gasteiger partial charge >= 0.3 is 0 Å². The molecule has 0 bridgehead atoms. The Kier molecular flexibility index (Phi) is 4.98. The Hall–Kier alpha value is -0.420. The van der Waals surface area contributed by atoms with Crippen molar-refractivity contribution in [2.45, 2.75) is 32.1 Å². The van der Waals surface area contributed by atoms with Crippen LogP contribution in [0.5, 0.6) is 0 Å². The van der Waals surface area contributed by atoms with E-state index in [-0.39, 0.29) is 0 Å². The van der Waals surface area contributed by atoms with Gasteiger partial charge in [0.25, 0.3) is 0 Å². The number of rotatable bonds is 0. The first kappa shape index (κ1) is 13.0. The summed E-state index contributed by atoms with van der Waals surface area (Å²) in [5, 5.41) is 3.35. The van der Waals surface area contributed by atoms with E-state index in [9.17, 15) is 4.79 Å². The molecule has 2 rings (SSSR count). The second kappa shape index (κ2) is 6.50. The largest absolute Gasteiger partial charge is 0.316 e. The topological polar surface area (TPSA) is 29.1 Å². The van der Waals surface area contributed by atoms with E-state index < -0.39 is 0 Å². The summed E-state index contributed by atoms with van der Waals surface area (Å²) >= 11 is 2.35. The maximum Gasteiger partial charge on any atom is 0.134 e. The van der Waals surface area contributed by atoms with Crippen LogP contribution < -0.4 is 5.32 Å². The van der Waals surface area contributed by atoms with Crippen molar-refractivity contribution in [3.8, 4) is 0 Å². The van der Waals surface area contributed by atoms with Crippen LogP contribution in [-0.4, -0.2) is 18.9 Å². The van der Waals surface area contributed by atoms with Gasteiger partial charge in [-0.3, -0.25) is 4.79 Å². The van der Waals surface area contributed by atoms with Gasteiger partial charge in [0.1, 0.15) is 5.78 Å². The quantitative estimate of drug-likeness (QED) is 0.734. The third kappa shape index (κ3) is 4.07. The number of nitrogens with one attached hydrogen (secondary N) is 1. The standard InChI is InChI=1S/C14H18INO/c15-13-5-4-11-6-8-16-9-7-14(17)3-1-2-12(11)10-13/h4-5,10,16H,1-3,6-9H2. The monoisotopic (exact) mass is 343 g/mol. The van der Waals surface area contributed by atoms with Crippen molar-refractivity contribution in [2.75, 3.05) is 13.1 Å². The van der Waals surface area contributed by atoms with Crippen LogP contribution in [0.3, 0.4) is 0 Å². The molecular weight excluding hydrogens is 325 g/mol. The molecule has 0 amide bonds. The lowest BCUT2D eigenvalue weighted by Gasteiger charge is -2.09. The average Bonchev–Trinajstić information content (AvgIpc) is 2.34. The third-order valence-corrected chi connectivity index (χ3v) is 3.89. The molecule has 92 valence electrons. The summed E-state index contributed by atoms with van der Waals surface area (Å²) in [6, 6.07) is 6.67. The lowest BCUT2D eigenvalue weighted by Crippen LogP contribution is -2.20. The van der Waals surface area contributed by atoms with E-state index >= 15 is 0 Å². The number of benzene rings is 1. The first-order chi connectivity index (χ1) is 8.25. The van der Waals surface area contributed by atoms with E-state index in [1.54, 1.807) is 0 Å². The molecule has 0 unspecified atom stereocenters. The summed E-state index contributed by atoms with van der Waals surface area (Å²) in [6.45, 7) is 1.80. The van der Waals surface area contributed by atoms with Gasteiger partial charge in [0.2, 0.25) is 0 Å². The highest BCUT2D eigenvalue weighted by Gasteiger charge is 2.08. The number of ketones is 1. The van der Waals surface area contributed by atoms with Crippen LogP contribution in [0.2, 0.25) is 0 Å². The SMILES string of the molecule is O=C1CCCc2cc(I)ccc2CCNCC1. The molecule has 0 radical (unpaired) electrons. The van der Waals surface area contributed by atoms with Gasteiger partial charge in [-0.15, -0.1) is 0 Å². The molecule has 17 heavy (non-hydrogen) atoms. The zero-order valence-electron chi connectivity index (χ0n) is 9.97. The van der Waals surface area contributed by atoms with Crippen molar-refractivity contribution in [1.29, 1.82) is 0 Å². The Morgan fingerprint density at radius 3 is 2.71 bits per heavy atom. The summed E-state index contributed by atoms with van der Waals surface area (Å²) < 4.78 is 1.29. The van der Waals surface area contributed by atoms with E-state index in [0.717, 1.165) is 38.8 Å². The number of hydrogen-bond acceptors (Lipinski definition) is 2. The van der Waals surface area contributed by atoms with Crippen LogP contribution in [0.25, 0.3) is 0 Å². The molecule has 0 atom stereocenters. The van der Waals surface area contributed by atoms with Crippen molar-refractivity contribution < 1.29 is 4.79 Å². The Balaban J connectivity index is 2.13. The molecule has 0 aromatic heterocycles. The van der Waals surface area contributed by atoms with Crippen molar-refractivity contribution in [3.05, 3.63) is 32.9 Å². The van der Waals surface area contributed by atoms with Gasteiger partial charge in [-0.25, -0.2) is 0 Å². The Labute approximate surface area is 116 Å². The van der Waals surface area contributed by atoms with Crippen LogP contribution in [0, 0.1) is 3.57 Å². The molecule has 2 nitrogen and oxygen atoms in total. The van der Waals surface area contributed by atoms with E-state index in [0.29, 0.717) is 12.2 Å². The summed E-state index contributed by atoms with van der Waals surface area (Å²) in [6.07, 6.45) is 4.52. The molecule has 1 N–H and O–H groups in total. The minimum absolute atomic E-state index is 0.395. The molecule has 0 aliphatic carbocycles. The highest BCUT2D eigenvalue weighted by molar-refractivity contribution is 14.1. The van der Waals surface area contributed by atoms with Crippen molar-refractivity contribution in [1.82, 2.24) is 5.32 Å². The van der Waals surface area contributed by atoms with Crippen LogP contribution >= 0.6 is 22.6 Å². The summed E-state index contributed by atoms with van der Waals surface area (Å²) in [5.41, 5.74) is 2.86. The highest BCUT2D eigenvalue weighted by Crippen LogP contribution is 2.17. The van der Waals surface area contributed by atoms with E-state index in [4.69, 9.17) is 0 Å². The van der Waals surface area contributed by atoms with E-state index in [1.807, 2.05) is 0 Å². The summed E-state index contributed by atoms with van der Waals surface area (Å²) in [4.78, 5) is 11.6. The molecule has 1 heterocycles. The predicted molar refractivity (Wildman–Crippen MR) is 78.3 cm³/mol. The van der Waals surface area contributed by atoms with Crippen LogP contribution in [0.1, 0.15) is 30.4 Å². The molecule has 0 spiro atoms. The van der Waals surface area contributed by atoms with Gasteiger partial charge in [0.15, 0.2) is 0 Å². The number of hydrogen-bond donors (Lipinski definition) is 1. The second-order valence-corrected chi connectivity index (χ2v) is 5.80. The van der Waals surface area contributed by atoms with Crippen molar-refractivity contribution in [2.24, 2.45) is 0 Å². The van der Waals surface area contributed by atoms with Gasteiger partial charge in [0.05, 0.1) is 0 Å². The van der Waals surface area contributed by atoms with E-state index in [1.165, 1.54) is 14.7 Å². The lowest BCUT2D eigenvalue weighted by atomic mass is 9.99. The zero-order valence-corrected chi connectivity index (χ0v) is 12.1. The van der Waals surface area contributed by atoms with E-state index in [2.05, 4.69) is 46.1 Å². The van der Waals surface area contributed by atoms with Crippen LogP contribution in [-0.2, 0) is 17.6 Å². The number of aryl methyl sites for hydroxylation is 1. The number of carbonyl (C=O) groups is 1. The molecule has 1 aliphatic heterocycles. The Morgan fingerprint density at radius 1 is 1.00 bits per heavy atom. The first-order valence-corrected chi connectivity index (χ1v) is 7.33. The molecule has 0 saturated heterocycles. The average molecular weight is 343 g/mol. The maximum absolute atomic E-state index is 11.6. The fourth-order valence-corrected chi connectivity index (χ4v) is 2.80. The number of halogens is 1. The predicted octanol–water partition coefficient (Wildman–Crippen LogP) is 2.72. The third-order valence-electron chi connectivity index (χ3n) is 3.22. The minimum Gasteiger partial charge on any atom is -0.316 e. The lowest BCUT2D eigenvalue weighted by molar-refractivity contribution is -0.119. The van der Waals surface area contributed by atoms with Crippen molar-refractivity contribution in [3.63, 3.8) is 0 Å². The maximum atomic E-state index is 11.6. The normalized spacial score (nSPS) is 18.3. The van der Waals surface area contributed by atoms with Crippen molar-refractivity contribution >= 4 is 28.4 Å². The van der Waals surface area contributed by atoms with Gasteiger partial charge in [-0.05, 0) is 71.7 Å². The van der Waals surface area contributed by atoms with Gasteiger partial charge in [-0.1, -0.05) is 6.07 Å². The minimum atomic E-state index is 0.395. The van der Waals surface area contributed by atoms with Crippen LogP contribution in [0.15, 0.2) is 18.2 Å². The highest BCUT2D eigenvalue weighted by atomic mass is 127. The number of fused-ring (bicyclic) bond motifs is 1.